The van der Waals surface area contributed by atoms with Gasteiger partial charge >= 0.3 is 0 Å². The summed E-state index contributed by atoms with van der Waals surface area (Å²) >= 11 is 9.46. The van der Waals surface area contributed by atoms with Gasteiger partial charge < -0.3 is 15.7 Å². The lowest BCUT2D eigenvalue weighted by Gasteiger charge is -2.14. The summed E-state index contributed by atoms with van der Waals surface area (Å²) in [5.74, 6) is -0.526. The first-order valence-electron chi connectivity index (χ1n) is 9.89. The van der Waals surface area contributed by atoms with Crippen molar-refractivity contribution in [3.63, 3.8) is 0 Å². The molecule has 0 radical (unpaired) electrons. The molecule has 2 aromatic carbocycles. The van der Waals surface area contributed by atoms with Gasteiger partial charge in [0.2, 0.25) is 0 Å². The van der Waals surface area contributed by atoms with Crippen LogP contribution in [0.4, 0.5) is 21.5 Å². The Balaban J connectivity index is 1.67. The second-order valence-corrected chi connectivity index (χ2v) is 8.66. The minimum Gasteiger partial charge on any atom is -0.391 e. The number of rotatable bonds is 7. The number of nitriles is 1. The zero-order valence-electron chi connectivity index (χ0n) is 17.4. The van der Waals surface area contributed by atoms with E-state index in [0.29, 0.717) is 46.6 Å². The highest BCUT2D eigenvalue weighted by Gasteiger charge is 2.14. The molecule has 8 nitrogen and oxygen atoms in total. The molecule has 33 heavy (non-hydrogen) atoms. The third-order valence-corrected chi connectivity index (χ3v) is 5.64. The number of halogens is 3. The van der Waals surface area contributed by atoms with E-state index in [2.05, 4.69) is 47.9 Å². The molecule has 0 amide bonds. The number of hydrogen-bond donors (Lipinski definition) is 3. The van der Waals surface area contributed by atoms with Gasteiger partial charge in [-0.05, 0) is 53.2 Å². The Morgan fingerprint density at radius 3 is 2.85 bits per heavy atom. The minimum absolute atomic E-state index is 0.0240. The van der Waals surface area contributed by atoms with Crippen molar-refractivity contribution < 1.29 is 9.50 Å². The molecule has 2 aromatic heterocycles. The molecule has 0 saturated heterocycles. The molecule has 0 fully saturated rings. The van der Waals surface area contributed by atoms with Gasteiger partial charge in [-0.15, -0.1) is 5.10 Å². The molecule has 1 unspecified atom stereocenters. The highest BCUT2D eigenvalue weighted by atomic mass is 79.9. The molecule has 0 aliphatic carbocycles. The van der Waals surface area contributed by atoms with E-state index in [-0.39, 0.29) is 5.02 Å². The van der Waals surface area contributed by atoms with Gasteiger partial charge in [0, 0.05) is 27.4 Å². The van der Waals surface area contributed by atoms with Crippen LogP contribution in [0.15, 0.2) is 47.2 Å². The van der Waals surface area contributed by atoms with Gasteiger partial charge in [-0.2, -0.15) is 5.26 Å². The molecule has 168 valence electrons. The first-order chi connectivity index (χ1) is 15.8. The van der Waals surface area contributed by atoms with E-state index in [9.17, 15) is 14.8 Å². The highest BCUT2D eigenvalue weighted by molar-refractivity contribution is 9.10. The molecular weight excluding hydrogens is 513 g/mol. The second kappa shape index (κ2) is 9.70. The normalized spacial score (nSPS) is 11.9. The maximum atomic E-state index is 13.6. The van der Waals surface area contributed by atoms with Crippen molar-refractivity contribution in [2.75, 3.05) is 10.6 Å². The van der Waals surface area contributed by atoms with Gasteiger partial charge in [0.25, 0.3) is 0 Å². The molecule has 0 aliphatic rings. The standard InChI is InChI=1S/C22H18BrClFN7O/c1-12(33)10-32-11-16(30-31-32)9-27-15-4-17-21(29-14-2-3-20(25)19(24)6-14)13(7-26)8-28-22(17)18(23)5-15/h2-6,8,11-12,27,33H,9-10H2,1H3,(H,28,29). The van der Waals surface area contributed by atoms with Gasteiger partial charge in [-0.25, -0.2) is 9.07 Å². The van der Waals surface area contributed by atoms with E-state index < -0.39 is 11.9 Å². The number of anilines is 3. The van der Waals surface area contributed by atoms with Crippen molar-refractivity contribution >= 4 is 55.5 Å². The van der Waals surface area contributed by atoms with Crippen LogP contribution in [0.3, 0.4) is 0 Å². The highest BCUT2D eigenvalue weighted by Crippen LogP contribution is 2.35. The number of nitrogens with one attached hydrogen (secondary N) is 2. The number of fused-ring (bicyclic) bond motifs is 1. The van der Waals surface area contributed by atoms with Crippen LogP contribution in [0.1, 0.15) is 18.2 Å². The molecule has 0 saturated carbocycles. The Kier molecular flexibility index (Phi) is 6.74. The maximum absolute atomic E-state index is 13.6. The van der Waals surface area contributed by atoms with E-state index in [1.54, 1.807) is 23.9 Å². The summed E-state index contributed by atoms with van der Waals surface area (Å²) in [4.78, 5) is 4.40. The van der Waals surface area contributed by atoms with Gasteiger partial charge in [0.1, 0.15) is 17.6 Å². The topological polar surface area (TPSA) is 112 Å². The average Bonchev–Trinajstić information content (AvgIpc) is 3.22. The lowest BCUT2D eigenvalue weighted by atomic mass is 10.1. The molecule has 0 aliphatic heterocycles. The third-order valence-electron chi connectivity index (χ3n) is 4.75. The van der Waals surface area contributed by atoms with Crippen LogP contribution in [-0.2, 0) is 13.1 Å². The molecule has 1 atom stereocenters. The molecular formula is C22H18BrClFN7O. The summed E-state index contributed by atoms with van der Waals surface area (Å²) in [6.07, 6.45) is 2.72. The quantitative estimate of drug-likeness (QED) is 0.309. The fourth-order valence-corrected chi connectivity index (χ4v) is 4.01. The Hall–Kier alpha value is -3.26. The molecule has 0 bridgehead atoms. The number of nitrogens with zero attached hydrogens (tertiary/aromatic N) is 5. The van der Waals surface area contributed by atoms with Gasteiger partial charge in [0.15, 0.2) is 0 Å². The largest absolute Gasteiger partial charge is 0.391 e. The lowest BCUT2D eigenvalue weighted by molar-refractivity contribution is 0.167. The molecule has 2 heterocycles. The molecule has 11 heteroatoms. The number of aliphatic hydroxyl groups is 1. The summed E-state index contributed by atoms with van der Waals surface area (Å²) in [6.45, 7) is 2.44. The SMILES string of the molecule is CC(O)Cn1cc(CNc2cc(Br)c3ncc(C#N)c(Nc4ccc(F)c(Cl)c4)c3c2)nn1. The zero-order chi connectivity index (χ0) is 23.5. The fourth-order valence-electron chi connectivity index (χ4n) is 3.27. The average molecular weight is 531 g/mol. The Bertz CT molecular complexity index is 1370. The predicted molar refractivity (Wildman–Crippen MR) is 128 cm³/mol. The van der Waals surface area contributed by atoms with Crippen molar-refractivity contribution in [2.45, 2.75) is 26.1 Å². The molecule has 3 N–H and O–H groups in total. The summed E-state index contributed by atoms with van der Waals surface area (Å²) in [5.41, 5.74) is 3.50. The third kappa shape index (κ3) is 5.22. The number of benzene rings is 2. The van der Waals surface area contributed by atoms with Gasteiger partial charge in [-0.3, -0.25) is 4.98 Å². The van der Waals surface area contributed by atoms with Crippen molar-refractivity contribution in [2.24, 2.45) is 0 Å². The first kappa shape index (κ1) is 22.9. The Labute approximate surface area is 202 Å². The van der Waals surface area contributed by atoms with Gasteiger partial charge in [-0.1, -0.05) is 16.8 Å². The molecule has 4 aromatic rings. The van der Waals surface area contributed by atoms with Crippen molar-refractivity contribution in [1.29, 1.82) is 5.26 Å². The fraction of sp³-hybridized carbons (Fsp3) is 0.182. The number of pyridine rings is 1. The van der Waals surface area contributed by atoms with E-state index in [1.165, 1.54) is 18.3 Å². The van der Waals surface area contributed by atoms with Crippen molar-refractivity contribution in [3.05, 3.63) is 69.3 Å². The van der Waals surface area contributed by atoms with Crippen LogP contribution in [0.2, 0.25) is 5.02 Å². The van der Waals surface area contributed by atoms with E-state index >= 15 is 0 Å². The van der Waals surface area contributed by atoms with E-state index in [0.717, 1.165) is 10.2 Å². The smallest absolute Gasteiger partial charge is 0.141 e. The van der Waals surface area contributed by atoms with E-state index in [4.69, 9.17) is 11.6 Å². The van der Waals surface area contributed by atoms with Crippen LogP contribution in [0.25, 0.3) is 10.9 Å². The van der Waals surface area contributed by atoms with Gasteiger partial charge in [0.05, 0.1) is 47.2 Å². The Morgan fingerprint density at radius 2 is 2.12 bits per heavy atom. The van der Waals surface area contributed by atoms with E-state index in [1.807, 2.05) is 12.1 Å². The van der Waals surface area contributed by atoms with Crippen LogP contribution >= 0.6 is 27.5 Å². The number of hydrogen-bond acceptors (Lipinski definition) is 7. The zero-order valence-corrected chi connectivity index (χ0v) is 19.7. The number of aliphatic hydroxyl groups excluding tert-OH is 1. The maximum Gasteiger partial charge on any atom is 0.141 e. The first-order valence-corrected chi connectivity index (χ1v) is 11.1. The summed E-state index contributed by atoms with van der Waals surface area (Å²) in [5, 5.41) is 34.3. The number of aromatic nitrogens is 4. The summed E-state index contributed by atoms with van der Waals surface area (Å²) < 4.78 is 15.9. The van der Waals surface area contributed by atoms with Crippen LogP contribution in [0.5, 0.6) is 0 Å². The van der Waals surface area contributed by atoms with Crippen LogP contribution < -0.4 is 10.6 Å². The predicted octanol–water partition coefficient (Wildman–Crippen LogP) is 4.99. The van der Waals surface area contributed by atoms with Crippen LogP contribution in [0, 0.1) is 17.1 Å². The minimum atomic E-state index is -0.526. The van der Waals surface area contributed by atoms with Crippen molar-refractivity contribution in [3.8, 4) is 6.07 Å². The van der Waals surface area contributed by atoms with Crippen LogP contribution in [-0.4, -0.2) is 31.2 Å². The van der Waals surface area contributed by atoms with Crippen molar-refractivity contribution in [1.82, 2.24) is 20.0 Å². The lowest BCUT2D eigenvalue weighted by Crippen LogP contribution is -2.12. The molecule has 4 rings (SSSR count). The monoisotopic (exact) mass is 529 g/mol. The summed E-state index contributed by atoms with van der Waals surface area (Å²) in [6, 6.07) is 10.1. The second-order valence-electron chi connectivity index (χ2n) is 7.40. The Morgan fingerprint density at radius 1 is 1.30 bits per heavy atom. The molecule has 0 spiro atoms. The summed E-state index contributed by atoms with van der Waals surface area (Å²) in [7, 11) is 0.